The van der Waals surface area contributed by atoms with Crippen LogP contribution in [0.5, 0.6) is 0 Å². The van der Waals surface area contributed by atoms with Crippen molar-refractivity contribution in [3.05, 3.63) is 0 Å². The van der Waals surface area contributed by atoms with E-state index in [-0.39, 0.29) is 18.4 Å². The van der Waals surface area contributed by atoms with E-state index in [1.807, 2.05) is 6.92 Å². The maximum absolute atomic E-state index is 11.0. The molecule has 0 N–H and O–H groups in total. The van der Waals surface area contributed by atoms with Gasteiger partial charge in [0.25, 0.3) is 0 Å². The maximum atomic E-state index is 11.0. The molecule has 0 aromatic carbocycles. The SMILES string of the molecule is CCCOC(=O)CC(C)C(=O)OC. The number of hydrogen-bond acceptors (Lipinski definition) is 4. The maximum Gasteiger partial charge on any atom is 0.308 e. The summed E-state index contributed by atoms with van der Waals surface area (Å²) in [6, 6.07) is 0. The van der Waals surface area contributed by atoms with Gasteiger partial charge in [0.1, 0.15) is 0 Å². The van der Waals surface area contributed by atoms with Crippen LogP contribution < -0.4 is 0 Å². The zero-order chi connectivity index (χ0) is 10.3. The summed E-state index contributed by atoms with van der Waals surface area (Å²) in [6.07, 6.45) is 0.880. The molecule has 0 aliphatic carbocycles. The van der Waals surface area contributed by atoms with E-state index in [0.29, 0.717) is 6.61 Å². The van der Waals surface area contributed by atoms with Gasteiger partial charge < -0.3 is 9.47 Å². The van der Waals surface area contributed by atoms with Gasteiger partial charge in [-0.1, -0.05) is 13.8 Å². The topological polar surface area (TPSA) is 52.6 Å². The first-order valence-electron chi connectivity index (χ1n) is 4.35. The summed E-state index contributed by atoms with van der Waals surface area (Å²) in [4.78, 5) is 21.9. The monoisotopic (exact) mass is 188 g/mol. The molecule has 0 fully saturated rings. The van der Waals surface area contributed by atoms with Crippen molar-refractivity contribution < 1.29 is 19.1 Å². The average Bonchev–Trinajstić information content (AvgIpc) is 2.13. The van der Waals surface area contributed by atoms with Crippen LogP contribution in [0.25, 0.3) is 0 Å². The van der Waals surface area contributed by atoms with E-state index in [9.17, 15) is 9.59 Å². The first-order valence-corrected chi connectivity index (χ1v) is 4.35. The molecule has 0 aromatic rings. The minimum absolute atomic E-state index is 0.0900. The Kier molecular flexibility index (Phi) is 5.93. The van der Waals surface area contributed by atoms with Crippen molar-refractivity contribution in [1.29, 1.82) is 0 Å². The summed E-state index contributed by atoms with van der Waals surface area (Å²) >= 11 is 0. The molecule has 0 spiro atoms. The largest absolute Gasteiger partial charge is 0.469 e. The van der Waals surface area contributed by atoms with Gasteiger partial charge in [0.15, 0.2) is 0 Å². The van der Waals surface area contributed by atoms with E-state index in [4.69, 9.17) is 4.74 Å². The minimum atomic E-state index is -0.422. The van der Waals surface area contributed by atoms with E-state index < -0.39 is 5.92 Å². The molecule has 0 heterocycles. The van der Waals surface area contributed by atoms with E-state index >= 15 is 0 Å². The van der Waals surface area contributed by atoms with Gasteiger partial charge in [-0.2, -0.15) is 0 Å². The number of esters is 2. The van der Waals surface area contributed by atoms with Gasteiger partial charge in [-0.15, -0.1) is 0 Å². The van der Waals surface area contributed by atoms with Crippen molar-refractivity contribution in [3.63, 3.8) is 0 Å². The number of carbonyl (C=O) groups is 2. The highest BCUT2D eigenvalue weighted by molar-refractivity contribution is 5.79. The number of ether oxygens (including phenoxy) is 2. The first-order chi connectivity index (χ1) is 6.11. The quantitative estimate of drug-likeness (QED) is 0.607. The molecule has 0 radical (unpaired) electrons. The summed E-state index contributed by atoms with van der Waals surface area (Å²) in [5.41, 5.74) is 0. The number of rotatable bonds is 5. The Hall–Kier alpha value is -1.06. The van der Waals surface area contributed by atoms with Crippen LogP contribution in [-0.4, -0.2) is 25.7 Å². The zero-order valence-electron chi connectivity index (χ0n) is 8.33. The van der Waals surface area contributed by atoms with Gasteiger partial charge in [-0.3, -0.25) is 9.59 Å². The first kappa shape index (κ1) is 11.9. The molecule has 76 valence electrons. The fourth-order valence-corrected chi connectivity index (χ4v) is 0.809. The normalized spacial score (nSPS) is 11.9. The van der Waals surface area contributed by atoms with Crippen LogP contribution in [-0.2, 0) is 19.1 Å². The highest BCUT2D eigenvalue weighted by Gasteiger charge is 2.17. The standard InChI is InChI=1S/C9H16O4/c1-4-5-13-8(10)6-7(2)9(11)12-3/h7H,4-6H2,1-3H3. The molecule has 4 nitrogen and oxygen atoms in total. The molecule has 13 heavy (non-hydrogen) atoms. The van der Waals surface area contributed by atoms with Crippen LogP contribution in [0.1, 0.15) is 26.7 Å². The summed E-state index contributed by atoms with van der Waals surface area (Å²) in [6.45, 7) is 3.96. The van der Waals surface area contributed by atoms with E-state index in [0.717, 1.165) is 6.42 Å². The van der Waals surface area contributed by atoms with Crippen molar-refractivity contribution in [3.8, 4) is 0 Å². The van der Waals surface area contributed by atoms with Crippen LogP contribution in [0, 0.1) is 5.92 Å². The molecule has 0 saturated heterocycles. The van der Waals surface area contributed by atoms with Crippen LogP contribution in [0.4, 0.5) is 0 Å². The second-order valence-corrected chi connectivity index (χ2v) is 2.85. The van der Waals surface area contributed by atoms with E-state index in [1.165, 1.54) is 7.11 Å². The fraction of sp³-hybridized carbons (Fsp3) is 0.778. The third-order valence-electron chi connectivity index (χ3n) is 1.54. The Balaban J connectivity index is 3.71. The Bertz CT molecular complexity index is 176. The smallest absolute Gasteiger partial charge is 0.308 e. The highest BCUT2D eigenvalue weighted by Crippen LogP contribution is 2.05. The van der Waals surface area contributed by atoms with Crippen molar-refractivity contribution in [1.82, 2.24) is 0 Å². The van der Waals surface area contributed by atoms with Crippen LogP contribution in [0.2, 0.25) is 0 Å². The second kappa shape index (κ2) is 6.46. The lowest BCUT2D eigenvalue weighted by molar-refractivity contribution is -0.152. The van der Waals surface area contributed by atoms with E-state index in [1.54, 1.807) is 6.92 Å². The Morgan fingerprint density at radius 1 is 1.38 bits per heavy atom. The summed E-state index contributed by atoms with van der Waals surface area (Å²) < 4.78 is 9.28. The third kappa shape index (κ3) is 5.22. The minimum Gasteiger partial charge on any atom is -0.469 e. The lowest BCUT2D eigenvalue weighted by Gasteiger charge is -2.08. The predicted molar refractivity (Wildman–Crippen MR) is 47.0 cm³/mol. The molecule has 0 aliphatic heterocycles. The van der Waals surface area contributed by atoms with Crippen molar-refractivity contribution >= 4 is 11.9 Å². The van der Waals surface area contributed by atoms with Gasteiger partial charge in [0.2, 0.25) is 0 Å². The van der Waals surface area contributed by atoms with Gasteiger partial charge in [0.05, 0.1) is 26.1 Å². The third-order valence-corrected chi connectivity index (χ3v) is 1.54. The van der Waals surface area contributed by atoms with Crippen LogP contribution >= 0.6 is 0 Å². The molecule has 0 rings (SSSR count). The molecular weight excluding hydrogens is 172 g/mol. The molecular formula is C9H16O4. The lowest BCUT2D eigenvalue weighted by Crippen LogP contribution is -2.18. The van der Waals surface area contributed by atoms with Gasteiger partial charge >= 0.3 is 11.9 Å². The number of carbonyl (C=O) groups excluding carboxylic acids is 2. The summed E-state index contributed by atoms with van der Waals surface area (Å²) in [5.74, 6) is -1.15. The van der Waals surface area contributed by atoms with Gasteiger partial charge in [-0.05, 0) is 6.42 Å². The van der Waals surface area contributed by atoms with E-state index in [2.05, 4.69) is 4.74 Å². The molecule has 0 bridgehead atoms. The van der Waals surface area contributed by atoms with Gasteiger partial charge in [-0.25, -0.2) is 0 Å². The molecule has 0 aromatic heterocycles. The van der Waals surface area contributed by atoms with Crippen LogP contribution in [0.3, 0.4) is 0 Å². The highest BCUT2D eigenvalue weighted by atomic mass is 16.5. The molecule has 1 atom stereocenters. The Labute approximate surface area is 78.2 Å². The summed E-state index contributed by atoms with van der Waals surface area (Å²) in [7, 11) is 1.30. The van der Waals surface area contributed by atoms with Crippen LogP contribution in [0.15, 0.2) is 0 Å². The summed E-state index contributed by atoms with van der Waals surface area (Å²) in [5, 5.41) is 0. The Morgan fingerprint density at radius 2 is 2.00 bits per heavy atom. The van der Waals surface area contributed by atoms with Crippen molar-refractivity contribution in [2.45, 2.75) is 26.7 Å². The second-order valence-electron chi connectivity index (χ2n) is 2.85. The number of hydrogen-bond donors (Lipinski definition) is 0. The molecule has 0 aliphatic rings. The predicted octanol–water partition coefficient (Wildman–Crippen LogP) is 1.14. The van der Waals surface area contributed by atoms with Gasteiger partial charge in [0, 0.05) is 0 Å². The van der Waals surface area contributed by atoms with Crippen molar-refractivity contribution in [2.24, 2.45) is 5.92 Å². The molecule has 1 unspecified atom stereocenters. The Morgan fingerprint density at radius 3 is 2.46 bits per heavy atom. The molecule has 4 heteroatoms. The molecule has 0 saturated carbocycles. The fourth-order valence-electron chi connectivity index (χ4n) is 0.809. The number of methoxy groups -OCH3 is 1. The van der Waals surface area contributed by atoms with Crippen molar-refractivity contribution in [2.75, 3.05) is 13.7 Å². The molecule has 0 amide bonds. The average molecular weight is 188 g/mol. The lowest BCUT2D eigenvalue weighted by atomic mass is 10.1. The zero-order valence-corrected chi connectivity index (χ0v) is 8.33.